The van der Waals surface area contributed by atoms with Crippen molar-refractivity contribution >= 4 is 21.6 Å². The fourth-order valence-corrected chi connectivity index (χ4v) is 4.82. The van der Waals surface area contributed by atoms with Crippen molar-refractivity contribution in [1.82, 2.24) is 10.0 Å². The van der Waals surface area contributed by atoms with Gasteiger partial charge in [-0.25, -0.2) is 13.1 Å². The number of anilines is 1. The first-order valence-corrected chi connectivity index (χ1v) is 11.5. The first-order valence-electron chi connectivity index (χ1n) is 10.0. The van der Waals surface area contributed by atoms with Gasteiger partial charge in [0.15, 0.2) is 0 Å². The van der Waals surface area contributed by atoms with Crippen LogP contribution in [0.4, 0.5) is 5.69 Å². The van der Waals surface area contributed by atoms with Gasteiger partial charge in [-0.15, -0.1) is 0 Å². The minimum absolute atomic E-state index is 0.0649. The summed E-state index contributed by atoms with van der Waals surface area (Å²) in [4.78, 5) is 14.7. The molecule has 0 spiro atoms. The number of carbonyl (C=O) groups is 1. The molecule has 2 aromatic rings. The molecule has 156 valence electrons. The van der Waals surface area contributed by atoms with Crippen LogP contribution in [0.3, 0.4) is 0 Å². The molecule has 0 unspecified atom stereocenters. The predicted octanol–water partition coefficient (Wildman–Crippen LogP) is 2.89. The molecule has 0 aromatic heterocycles. The van der Waals surface area contributed by atoms with Gasteiger partial charge in [-0.05, 0) is 61.6 Å². The Morgan fingerprint density at radius 2 is 1.72 bits per heavy atom. The topological polar surface area (TPSA) is 78.5 Å². The van der Waals surface area contributed by atoms with Crippen LogP contribution < -0.4 is 14.9 Å². The lowest BCUT2D eigenvalue weighted by Crippen LogP contribution is -2.31. The molecule has 2 aromatic carbocycles. The summed E-state index contributed by atoms with van der Waals surface area (Å²) in [6.45, 7) is 6.32. The average molecular weight is 416 g/mol. The second kappa shape index (κ2) is 9.41. The van der Waals surface area contributed by atoms with E-state index in [0.717, 1.165) is 24.2 Å². The standard InChI is InChI=1S/C22H29N3O3S/c1-17-5-6-18(2)21(15-17)29(27,28)24-12-11-22(26)23-16-19-7-9-20(10-8-19)25-13-3-4-14-25/h5-10,15,24H,3-4,11-14,16H2,1-2H3,(H,23,26). The van der Waals surface area contributed by atoms with Gasteiger partial charge in [-0.2, -0.15) is 0 Å². The van der Waals surface area contributed by atoms with E-state index in [1.54, 1.807) is 19.1 Å². The molecule has 2 N–H and O–H groups in total. The number of hydrogen-bond donors (Lipinski definition) is 2. The summed E-state index contributed by atoms with van der Waals surface area (Å²) in [5, 5.41) is 2.85. The first kappa shape index (κ1) is 21.3. The molecule has 0 radical (unpaired) electrons. The molecule has 1 heterocycles. The molecule has 0 atom stereocenters. The van der Waals surface area contributed by atoms with Crippen LogP contribution in [-0.4, -0.2) is 34.0 Å². The van der Waals surface area contributed by atoms with E-state index in [1.165, 1.54) is 18.5 Å². The fourth-order valence-electron chi connectivity index (χ4n) is 3.46. The smallest absolute Gasteiger partial charge is 0.240 e. The Hall–Kier alpha value is -2.38. The maximum absolute atomic E-state index is 12.5. The Labute approximate surface area is 173 Å². The zero-order valence-electron chi connectivity index (χ0n) is 17.1. The maximum atomic E-state index is 12.5. The summed E-state index contributed by atoms with van der Waals surface area (Å²) in [6, 6.07) is 13.5. The average Bonchev–Trinajstić information content (AvgIpc) is 3.23. The highest BCUT2D eigenvalue weighted by Gasteiger charge is 2.17. The second-order valence-electron chi connectivity index (χ2n) is 7.55. The molecular weight excluding hydrogens is 386 g/mol. The number of carbonyl (C=O) groups excluding carboxylic acids is 1. The minimum Gasteiger partial charge on any atom is -0.372 e. The van der Waals surface area contributed by atoms with E-state index in [-0.39, 0.29) is 23.8 Å². The Bertz CT molecular complexity index is 950. The number of nitrogens with one attached hydrogen (secondary N) is 2. The Morgan fingerprint density at radius 1 is 1.03 bits per heavy atom. The van der Waals surface area contributed by atoms with Crippen LogP contribution >= 0.6 is 0 Å². The third-order valence-corrected chi connectivity index (χ3v) is 6.78. The molecule has 0 aliphatic carbocycles. The van der Waals surface area contributed by atoms with Crippen LogP contribution in [0, 0.1) is 13.8 Å². The van der Waals surface area contributed by atoms with Gasteiger partial charge in [0.2, 0.25) is 15.9 Å². The molecule has 1 aliphatic rings. The monoisotopic (exact) mass is 415 g/mol. The molecule has 7 heteroatoms. The zero-order chi connectivity index (χ0) is 20.9. The zero-order valence-corrected chi connectivity index (χ0v) is 17.9. The van der Waals surface area contributed by atoms with Crippen molar-refractivity contribution in [3.05, 3.63) is 59.2 Å². The molecule has 1 aliphatic heterocycles. The first-order chi connectivity index (χ1) is 13.8. The molecule has 0 saturated carbocycles. The van der Waals surface area contributed by atoms with E-state index in [4.69, 9.17) is 0 Å². The van der Waals surface area contributed by atoms with E-state index in [0.29, 0.717) is 12.1 Å². The van der Waals surface area contributed by atoms with Crippen molar-refractivity contribution in [2.75, 3.05) is 24.5 Å². The number of benzene rings is 2. The second-order valence-corrected chi connectivity index (χ2v) is 9.29. The summed E-state index contributed by atoms with van der Waals surface area (Å²) in [6.07, 6.45) is 2.58. The van der Waals surface area contributed by atoms with Crippen LogP contribution in [-0.2, 0) is 21.4 Å². The van der Waals surface area contributed by atoms with Gasteiger partial charge in [-0.1, -0.05) is 24.3 Å². The molecule has 3 rings (SSSR count). The van der Waals surface area contributed by atoms with Crippen molar-refractivity contribution in [1.29, 1.82) is 0 Å². The number of aryl methyl sites for hydroxylation is 2. The Morgan fingerprint density at radius 3 is 2.41 bits per heavy atom. The quantitative estimate of drug-likeness (QED) is 0.695. The number of sulfonamides is 1. The van der Waals surface area contributed by atoms with Crippen LogP contribution in [0.5, 0.6) is 0 Å². The summed E-state index contributed by atoms with van der Waals surface area (Å²) in [5.74, 6) is -0.183. The van der Waals surface area contributed by atoms with E-state index in [2.05, 4.69) is 27.1 Å². The SMILES string of the molecule is Cc1ccc(C)c(S(=O)(=O)NCCC(=O)NCc2ccc(N3CCCC3)cc2)c1. The highest BCUT2D eigenvalue weighted by Crippen LogP contribution is 2.20. The van der Waals surface area contributed by atoms with Gasteiger partial charge in [0.1, 0.15) is 0 Å². The molecule has 1 fully saturated rings. The molecule has 6 nitrogen and oxygen atoms in total. The van der Waals surface area contributed by atoms with Crippen LogP contribution in [0.25, 0.3) is 0 Å². The summed E-state index contributed by atoms with van der Waals surface area (Å²) >= 11 is 0. The van der Waals surface area contributed by atoms with Crippen molar-refractivity contribution < 1.29 is 13.2 Å². The summed E-state index contributed by atoms with van der Waals surface area (Å²) < 4.78 is 27.4. The maximum Gasteiger partial charge on any atom is 0.240 e. The Kier molecular flexibility index (Phi) is 6.92. The lowest BCUT2D eigenvalue weighted by atomic mass is 10.2. The van der Waals surface area contributed by atoms with Crippen molar-refractivity contribution in [3.63, 3.8) is 0 Å². The van der Waals surface area contributed by atoms with Crippen LogP contribution in [0.1, 0.15) is 36.0 Å². The Balaban J connectivity index is 1.44. The summed E-state index contributed by atoms with van der Waals surface area (Å²) in [5.41, 5.74) is 3.81. The lowest BCUT2D eigenvalue weighted by molar-refractivity contribution is -0.121. The van der Waals surface area contributed by atoms with Gasteiger partial charge in [0, 0.05) is 38.3 Å². The largest absolute Gasteiger partial charge is 0.372 e. The third-order valence-electron chi connectivity index (χ3n) is 5.17. The van der Waals surface area contributed by atoms with Crippen molar-refractivity contribution in [3.8, 4) is 0 Å². The van der Waals surface area contributed by atoms with Crippen molar-refractivity contribution in [2.24, 2.45) is 0 Å². The normalized spacial score (nSPS) is 14.2. The minimum atomic E-state index is -3.62. The van der Waals surface area contributed by atoms with Crippen LogP contribution in [0.15, 0.2) is 47.4 Å². The highest BCUT2D eigenvalue weighted by molar-refractivity contribution is 7.89. The molecule has 0 bridgehead atoms. The van der Waals surface area contributed by atoms with Gasteiger partial charge in [0.25, 0.3) is 0 Å². The van der Waals surface area contributed by atoms with E-state index in [9.17, 15) is 13.2 Å². The van der Waals surface area contributed by atoms with E-state index in [1.807, 2.05) is 25.1 Å². The highest BCUT2D eigenvalue weighted by atomic mass is 32.2. The predicted molar refractivity (Wildman–Crippen MR) is 115 cm³/mol. The number of rotatable bonds is 8. The molecular formula is C22H29N3O3S. The molecule has 1 saturated heterocycles. The number of amides is 1. The molecule has 1 amide bonds. The van der Waals surface area contributed by atoms with Crippen molar-refractivity contribution in [2.45, 2.75) is 44.6 Å². The van der Waals surface area contributed by atoms with Gasteiger partial charge in [-0.3, -0.25) is 4.79 Å². The molecule has 29 heavy (non-hydrogen) atoms. The third kappa shape index (κ3) is 5.81. The van der Waals surface area contributed by atoms with Gasteiger partial charge in [0.05, 0.1) is 4.90 Å². The van der Waals surface area contributed by atoms with Gasteiger partial charge >= 0.3 is 0 Å². The summed E-state index contributed by atoms with van der Waals surface area (Å²) in [7, 11) is -3.62. The van der Waals surface area contributed by atoms with Gasteiger partial charge < -0.3 is 10.2 Å². The number of nitrogens with zero attached hydrogens (tertiary/aromatic N) is 1. The van der Waals surface area contributed by atoms with Crippen LogP contribution in [0.2, 0.25) is 0 Å². The fraction of sp³-hybridized carbons (Fsp3) is 0.409. The lowest BCUT2D eigenvalue weighted by Gasteiger charge is -2.17. The number of hydrogen-bond acceptors (Lipinski definition) is 4. The van der Waals surface area contributed by atoms with E-state index >= 15 is 0 Å². The van der Waals surface area contributed by atoms with E-state index < -0.39 is 10.0 Å².